The molecular weight excluding hydrogens is 416 g/mol. The number of benzene rings is 1. The summed E-state index contributed by atoms with van der Waals surface area (Å²) < 4.78 is 0. The molecule has 158 valence electrons. The average molecular weight is 443 g/mol. The van der Waals surface area contributed by atoms with Crippen molar-refractivity contribution in [1.82, 2.24) is 10.3 Å². The van der Waals surface area contributed by atoms with Crippen LogP contribution in [-0.2, 0) is 11.3 Å². The zero-order chi connectivity index (χ0) is 21.5. The van der Waals surface area contributed by atoms with Crippen LogP contribution < -0.4 is 15.5 Å². The molecule has 0 atom stereocenters. The van der Waals surface area contributed by atoms with Crippen molar-refractivity contribution < 1.29 is 9.59 Å². The van der Waals surface area contributed by atoms with Crippen molar-refractivity contribution in [3.8, 4) is 10.6 Å². The van der Waals surface area contributed by atoms with Crippen molar-refractivity contribution in [2.75, 3.05) is 23.3 Å². The number of hydrogen-bond donors (Lipinski definition) is 2. The number of rotatable bonds is 9. The van der Waals surface area contributed by atoms with E-state index < -0.39 is 0 Å². The van der Waals surface area contributed by atoms with Crippen molar-refractivity contribution in [1.29, 1.82) is 0 Å². The molecule has 0 radical (unpaired) electrons. The van der Waals surface area contributed by atoms with Gasteiger partial charge < -0.3 is 10.2 Å². The molecule has 6 nitrogen and oxygen atoms in total. The van der Waals surface area contributed by atoms with Crippen LogP contribution in [0.1, 0.15) is 42.4 Å². The van der Waals surface area contributed by atoms with Crippen LogP contribution in [0.2, 0.25) is 0 Å². The Morgan fingerprint density at radius 1 is 1.10 bits per heavy atom. The minimum Gasteiger partial charge on any atom is -0.372 e. The Balaban J connectivity index is 1.63. The maximum atomic E-state index is 12.6. The lowest BCUT2D eigenvalue weighted by Crippen LogP contribution is -2.23. The van der Waals surface area contributed by atoms with Crippen LogP contribution in [0.4, 0.5) is 10.8 Å². The summed E-state index contributed by atoms with van der Waals surface area (Å²) in [6.07, 6.45) is 1.08. The van der Waals surface area contributed by atoms with Crippen molar-refractivity contribution in [2.24, 2.45) is 0 Å². The van der Waals surface area contributed by atoms with Crippen LogP contribution >= 0.6 is 22.7 Å². The first-order valence-electron chi connectivity index (χ1n) is 9.95. The van der Waals surface area contributed by atoms with Crippen LogP contribution in [0, 0.1) is 0 Å². The molecule has 3 aromatic rings. The lowest BCUT2D eigenvalue weighted by molar-refractivity contribution is -0.119. The highest BCUT2D eigenvalue weighted by Gasteiger charge is 2.12. The van der Waals surface area contributed by atoms with Gasteiger partial charge in [0.05, 0.1) is 17.1 Å². The molecule has 0 saturated heterocycles. The highest BCUT2D eigenvalue weighted by Crippen LogP contribution is 2.31. The molecule has 1 aromatic carbocycles. The topological polar surface area (TPSA) is 74.3 Å². The minimum atomic E-state index is -0.168. The molecule has 2 amide bonds. The molecular formula is C22H26N4O2S2. The number of thiazole rings is 1. The Kier molecular flexibility index (Phi) is 7.59. The highest BCUT2D eigenvalue weighted by atomic mass is 32.1. The number of amides is 2. The van der Waals surface area contributed by atoms with E-state index in [0.717, 1.165) is 40.6 Å². The van der Waals surface area contributed by atoms with Crippen LogP contribution in [0.3, 0.4) is 0 Å². The van der Waals surface area contributed by atoms with Crippen LogP contribution in [0.25, 0.3) is 10.6 Å². The summed E-state index contributed by atoms with van der Waals surface area (Å²) in [7, 11) is 0. The molecule has 8 heteroatoms. The van der Waals surface area contributed by atoms with Gasteiger partial charge in [0.1, 0.15) is 0 Å². The smallest absolute Gasteiger partial charge is 0.257 e. The van der Waals surface area contributed by atoms with E-state index in [1.807, 2.05) is 41.8 Å². The summed E-state index contributed by atoms with van der Waals surface area (Å²) in [5, 5.41) is 8.17. The van der Waals surface area contributed by atoms with Crippen molar-refractivity contribution in [2.45, 2.75) is 33.7 Å². The van der Waals surface area contributed by atoms with E-state index in [-0.39, 0.29) is 11.8 Å². The van der Waals surface area contributed by atoms with E-state index in [2.05, 4.69) is 34.4 Å². The number of carbonyl (C=O) groups excluding carboxylic acids is 2. The van der Waals surface area contributed by atoms with Gasteiger partial charge in [-0.3, -0.25) is 14.9 Å². The van der Waals surface area contributed by atoms with Gasteiger partial charge in [-0.2, -0.15) is 0 Å². The predicted molar refractivity (Wildman–Crippen MR) is 126 cm³/mol. The highest BCUT2D eigenvalue weighted by molar-refractivity contribution is 7.17. The molecule has 2 aromatic heterocycles. The van der Waals surface area contributed by atoms with Gasteiger partial charge in [-0.15, -0.1) is 22.7 Å². The Morgan fingerprint density at radius 3 is 2.53 bits per heavy atom. The van der Waals surface area contributed by atoms with Gasteiger partial charge in [0.2, 0.25) is 5.91 Å². The van der Waals surface area contributed by atoms with Gasteiger partial charge in [-0.25, -0.2) is 4.98 Å². The summed E-state index contributed by atoms with van der Waals surface area (Å²) in [5.74, 6) is -0.220. The minimum absolute atomic E-state index is 0.0515. The molecule has 0 fully saturated rings. The molecule has 30 heavy (non-hydrogen) atoms. The van der Waals surface area contributed by atoms with Crippen molar-refractivity contribution in [3.05, 3.63) is 52.2 Å². The second-order valence-corrected chi connectivity index (χ2v) is 8.82. The van der Waals surface area contributed by atoms with Crippen LogP contribution in [-0.4, -0.2) is 29.9 Å². The van der Waals surface area contributed by atoms with Crippen molar-refractivity contribution in [3.63, 3.8) is 0 Å². The lowest BCUT2D eigenvalue weighted by atomic mass is 10.2. The molecule has 2 heterocycles. The molecule has 0 aliphatic rings. The Hall–Kier alpha value is -2.71. The Labute approximate surface area is 185 Å². The van der Waals surface area contributed by atoms with E-state index in [9.17, 15) is 9.59 Å². The van der Waals surface area contributed by atoms with Gasteiger partial charge in [-0.1, -0.05) is 6.92 Å². The number of hydrogen-bond acceptors (Lipinski definition) is 6. The fourth-order valence-electron chi connectivity index (χ4n) is 3.00. The number of anilines is 2. The first-order valence-corrected chi connectivity index (χ1v) is 11.6. The first-order chi connectivity index (χ1) is 14.5. The predicted octanol–water partition coefficient (Wildman–Crippen LogP) is 5.00. The number of aromatic nitrogens is 1. The zero-order valence-corrected chi connectivity index (χ0v) is 19.0. The van der Waals surface area contributed by atoms with Gasteiger partial charge in [-0.05, 0) is 49.7 Å². The van der Waals surface area contributed by atoms with Gasteiger partial charge in [0.25, 0.3) is 5.91 Å². The van der Waals surface area contributed by atoms with Gasteiger partial charge >= 0.3 is 0 Å². The normalized spacial score (nSPS) is 10.6. The summed E-state index contributed by atoms with van der Waals surface area (Å²) in [6, 6.07) is 11.6. The fraction of sp³-hybridized carbons (Fsp3) is 0.318. The fourth-order valence-corrected chi connectivity index (χ4v) is 4.69. The zero-order valence-electron chi connectivity index (χ0n) is 17.4. The second kappa shape index (κ2) is 10.4. The molecule has 0 unspecified atom stereocenters. The van der Waals surface area contributed by atoms with Crippen LogP contribution in [0.15, 0.2) is 41.8 Å². The second-order valence-electron chi connectivity index (χ2n) is 6.79. The van der Waals surface area contributed by atoms with Crippen LogP contribution in [0.5, 0.6) is 0 Å². The third kappa shape index (κ3) is 5.67. The quantitative estimate of drug-likeness (QED) is 0.489. The molecule has 0 aliphatic carbocycles. The number of nitrogens with one attached hydrogen (secondary N) is 2. The number of nitrogens with zero attached hydrogens (tertiary/aromatic N) is 2. The third-order valence-electron chi connectivity index (χ3n) is 4.52. The van der Waals surface area contributed by atoms with E-state index >= 15 is 0 Å². The standard InChI is InChI=1S/C22H26N4O2S2/c1-4-12-26(5-2)17-8-6-16(7-9-17)21(28)25-22-24-19(14-29-22)20-11-10-18(30-20)13-23-15(3)27/h6-11,14H,4-5,12-13H2,1-3H3,(H,23,27)(H,24,25,28). The molecule has 3 rings (SSSR count). The number of thiophene rings is 1. The van der Waals surface area contributed by atoms with E-state index in [1.54, 1.807) is 11.3 Å². The number of carbonyl (C=O) groups is 2. The van der Waals surface area contributed by atoms with Crippen molar-refractivity contribution >= 4 is 45.3 Å². The third-order valence-corrected chi connectivity index (χ3v) is 6.39. The molecule has 0 bridgehead atoms. The first kappa shape index (κ1) is 22.0. The molecule has 2 N–H and O–H groups in total. The lowest BCUT2D eigenvalue weighted by Gasteiger charge is -2.22. The molecule has 0 saturated carbocycles. The maximum absolute atomic E-state index is 12.6. The van der Waals surface area contributed by atoms with Gasteiger partial charge in [0, 0.05) is 41.5 Å². The maximum Gasteiger partial charge on any atom is 0.257 e. The Morgan fingerprint density at radius 2 is 1.87 bits per heavy atom. The summed E-state index contributed by atoms with van der Waals surface area (Å²) in [4.78, 5) is 32.5. The Bertz CT molecular complexity index is 995. The summed E-state index contributed by atoms with van der Waals surface area (Å²) in [5.41, 5.74) is 2.56. The molecule has 0 aliphatic heterocycles. The largest absolute Gasteiger partial charge is 0.372 e. The molecule has 0 spiro atoms. The summed E-state index contributed by atoms with van der Waals surface area (Å²) in [6.45, 7) is 8.25. The van der Waals surface area contributed by atoms with E-state index in [1.165, 1.54) is 18.3 Å². The summed E-state index contributed by atoms with van der Waals surface area (Å²) >= 11 is 2.98. The van der Waals surface area contributed by atoms with E-state index in [0.29, 0.717) is 17.2 Å². The van der Waals surface area contributed by atoms with Gasteiger partial charge in [0.15, 0.2) is 5.13 Å². The van der Waals surface area contributed by atoms with E-state index in [4.69, 9.17) is 0 Å². The SMILES string of the molecule is CCCN(CC)c1ccc(C(=O)Nc2nc(-c3ccc(CNC(C)=O)s3)cs2)cc1. The monoisotopic (exact) mass is 442 g/mol. The average Bonchev–Trinajstić information content (AvgIpc) is 3.40.